The van der Waals surface area contributed by atoms with Gasteiger partial charge in [0.25, 0.3) is 5.91 Å². The minimum absolute atomic E-state index is 0.0433. The van der Waals surface area contributed by atoms with E-state index in [4.69, 9.17) is 11.5 Å². The summed E-state index contributed by atoms with van der Waals surface area (Å²) < 4.78 is 0. The first-order valence-corrected chi connectivity index (χ1v) is 14.1. The van der Waals surface area contributed by atoms with Gasteiger partial charge in [0, 0.05) is 11.5 Å². The van der Waals surface area contributed by atoms with Gasteiger partial charge in [-0.15, -0.1) is 0 Å². The highest BCUT2D eigenvalue weighted by atomic mass is 16.4. The zero-order chi connectivity index (χ0) is 33.3. The second kappa shape index (κ2) is 11.0. The van der Waals surface area contributed by atoms with Crippen molar-refractivity contribution in [2.75, 3.05) is 19.4 Å². The Kier molecular flexibility index (Phi) is 7.74. The zero-order valence-corrected chi connectivity index (χ0v) is 24.6. The number of benzene rings is 2. The minimum atomic E-state index is -3.04. The Labute approximate surface area is 256 Å². The van der Waals surface area contributed by atoms with Gasteiger partial charge in [-0.3, -0.25) is 24.1 Å². The molecular formula is C31H34N4O10. The molecule has 238 valence electrons. The van der Waals surface area contributed by atoms with Crippen molar-refractivity contribution in [3.63, 3.8) is 0 Å². The van der Waals surface area contributed by atoms with Crippen molar-refractivity contribution in [2.24, 2.45) is 23.3 Å². The van der Waals surface area contributed by atoms with Crippen molar-refractivity contribution in [3.8, 4) is 11.5 Å². The molecule has 14 heteroatoms. The number of Topliss-reactive ketones (excluding diaryl/α,β-unsaturated/α-hetero) is 2. The molecule has 2 aromatic carbocycles. The fourth-order valence-electron chi connectivity index (χ4n) is 6.92. The number of nitrogens with two attached hydrogens (primary N) is 2. The molecule has 1 fully saturated rings. The van der Waals surface area contributed by atoms with Gasteiger partial charge >= 0.3 is 0 Å². The minimum Gasteiger partial charge on any atom is -0.508 e. The summed E-state index contributed by atoms with van der Waals surface area (Å²) in [5, 5.41) is 69.1. The van der Waals surface area contributed by atoms with Gasteiger partial charge in [-0.05, 0) is 55.8 Å². The highest BCUT2D eigenvalue weighted by Crippen LogP contribution is 2.56. The van der Waals surface area contributed by atoms with Crippen LogP contribution in [0.15, 0.2) is 53.3 Å². The lowest BCUT2D eigenvalue weighted by atomic mass is 9.54. The van der Waals surface area contributed by atoms with Gasteiger partial charge in [-0.1, -0.05) is 25.1 Å². The van der Waals surface area contributed by atoms with Crippen LogP contribution in [0.5, 0.6) is 11.5 Å². The molecular weight excluding hydrogens is 588 g/mol. The first-order chi connectivity index (χ1) is 21.0. The van der Waals surface area contributed by atoms with Crippen LogP contribution in [0.1, 0.15) is 29.5 Å². The van der Waals surface area contributed by atoms with Gasteiger partial charge in [-0.2, -0.15) is 0 Å². The summed E-state index contributed by atoms with van der Waals surface area (Å²) in [6.45, 7) is 1.60. The number of anilines is 1. The molecule has 1 saturated carbocycles. The van der Waals surface area contributed by atoms with E-state index in [2.05, 4.69) is 5.32 Å². The Morgan fingerprint density at radius 1 is 1.04 bits per heavy atom. The Morgan fingerprint density at radius 2 is 1.67 bits per heavy atom. The number of likely N-dealkylation sites (N-methyl/N-ethyl adjacent to an activating group) is 1. The molecule has 0 bridgehead atoms. The Balaban J connectivity index is 1.58. The number of phenolic OH excluding ortho intramolecular Hbond substituents is 2. The number of rotatable bonds is 6. The Morgan fingerprint density at radius 3 is 2.24 bits per heavy atom. The fourth-order valence-corrected chi connectivity index (χ4v) is 6.92. The maximum Gasteiger partial charge on any atom is 0.255 e. The number of hydrogen-bond donors (Lipinski definition) is 9. The highest BCUT2D eigenvalue weighted by Gasteiger charge is 2.68. The average Bonchev–Trinajstić information content (AvgIpc) is 2.96. The smallest absolute Gasteiger partial charge is 0.255 e. The number of nitrogens with zero attached hydrogens (tertiary/aromatic N) is 1. The molecule has 14 nitrogen and oxygen atoms in total. The molecule has 0 radical (unpaired) electrons. The third-order valence-electron chi connectivity index (χ3n) is 9.12. The first kappa shape index (κ1) is 31.7. The van der Waals surface area contributed by atoms with Crippen LogP contribution in [-0.2, 0) is 25.6 Å². The van der Waals surface area contributed by atoms with Crippen LogP contribution in [-0.4, -0.2) is 96.8 Å². The quantitative estimate of drug-likeness (QED) is 0.149. The molecule has 3 aliphatic carbocycles. The topological polar surface area (TPSA) is 257 Å². The molecule has 0 aliphatic heterocycles. The number of carbonyl (C=O) groups excluding carboxylic acids is 4. The molecule has 0 spiro atoms. The second-order valence-electron chi connectivity index (χ2n) is 11.9. The van der Waals surface area contributed by atoms with Gasteiger partial charge in [0.15, 0.2) is 11.4 Å². The van der Waals surface area contributed by atoms with Gasteiger partial charge in [0.2, 0.25) is 11.7 Å². The van der Waals surface area contributed by atoms with Gasteiger partial charge < -0.3 is 47.4 Å². The number of ketones is 2. The lowest BCUT2D eigenvalue weighted by molar-refractivity contribution is -0.169. The fraction of sp³-hybridized carbons (Fsp3) is 0.355. The molecule has 7 atom stereocenters. The maximum atomic E-state index is 14.1. The van der Waals surface area contributed by atoms with E-state index in [-0.39, 0.29) is 29.0 Å². The van der Waals surface area contributed by atoms with Crippen LogP contribution in [0.2, 0.25) is 0 Å². The first-order valence-electron chi connectivity index (χ1n) is 14.1. The standard InChI is InChI=1S/C31H34N4O10/c1-11-14-8-9-16(34-30(44)15(32)10-12-4-6-13(36)7-5-12)23(37)18(14)24(38)19-17(11)25(39)21-22(35(2)3)26(40)20(29(33)43)28(42)31(21,45)27(19)41/h4-9,11,15,17,21-22,25,36-39,42,45H,10,32H2,1-3H3,(H2,33,43)(H,34,44)/t11?,15-,17?,21?,22-,25?,31-/m0/s1. The lowest BCUT2D eigenvalue weighted by Gasteiger charge is -2.53. The number of primary amides is 1. The normalized spacial score (nSPS) is 28.4. The van der Waals surface area contributed by atoms with E-state index in [0.717, 1.165) is 0 Å². The Bertz CT molecular complexity index is 1700. The van der Waals surface area contributed by atoms with E-state index in [0.29, 0.717) is 5.56 Å². The molecule has 2 aromatic rings. The number of aliphatic hydroxyl groups excluding tert-OH is 3. The van der Waals surface area contributed by atoms with Crippen LogP contribution in [0.25, 0.3) is 5.76 Å². The molecule has 0 aromatic heterocycles. The van der Waals surface area contributed by atoms with Crippen molar-refractivity contribution in [1.29, 1.82) is 0 Å². The molecule has 4 unspecified atom stereocenters. The van der Waals surface area contributed by atoms with E-state index in [1.54, 1.807) is 19.1 Å². The van der Waals surface area contributed by atoms with Crippen molar-refractivity contribution in [1.82, 2.24) is 4.90 Å². The summed E-state index contributed by atoms with van der Waals surface area (Å²) in [6.07, 6.45) is -1.63. The predicted molar refractivity (Wildman–Crippen MR) is 159 cm³/mol. The van der Waals surface area contributed by atoms with E-state index in [9.17, 15) is 49.8 Å². The van der Waals surface area contributed by atoms with Crippen LogP contribution >= 0.6 is 0 Å². The van der Waals surface area contributed by atoms with Crippen molar-refractivity contribution in [2.45, 2.75) is 43.1 Å². The third-order valence-corrected chi connectivity index (χ3v) is 9.12. The van der Waals surface area contributed by atoms with Crippen molar-refractivity contribution >= 4 is 34.8 Å². The van der Waals surface area contributed by atoms with E-state index < -0.39 is 93.3 Å². The Hall–Kier alpha value is -4.76. The third kappa shape index (κ3) is 4.64. The molecule has 45 heavy (non-hydrogen) atoms. The van der Waals surface area contributed by atoms with Crippen LogP contribution in [0.3, 0.4) is 0 Å². The van der Waals surface area contributed by atoms with Gasteiger partial charge in [0.1, 0.15) is 28.6 Å². The van der Waals surface area contributed by atoms with Crippen LogP contribution in [0, 0.1) is 11.8 Å². The molecule has 11 N–H and O–H groups in total. The lowest BCUT2D eigenvalue weighted by Crippen LogP contribution is -2.70. The summed E-state index contributed by atoms with van der Waals surface area (Å²) in [4.78, 5) is 53.7. The highest BCUT2D eigenvalue weighted by molar-refractivity contribution is 6.24. The van der Waals surface area contributed by atoms with E-state index in [1.165, 1.54) is 43.3 Å². The number of amides is 2. The SMILES string of the molecule is CC1c2ccc(NC(=O)[C@@H](N)Cc3ccc(O)cc3)c(O)c2C(O)=C2C(=O)[C@]3(O)C(O)=C(C(N)=O)C(=O)[C@@H](N(C)C)C3C(O)C21. The second-order valence-corrected chi connectivity index (χ2v) is 11.9. The molecule has 2 amide bonds. The molecule has 3 aliphatic rings. The van der Waals surface area contributed by atoms with Gasteiger partial charge in [-0.25, -0.2) is 0 Å². The average molecular weight is 623 g/mol. The summed E-state index contributed by atoms with van der Waals surface area (Å²) in [6, 6.07) is 6.38. The summed E-state index contributed by atoms with van der Waals surface area (Å²) in [7, 11) is 2.85. The number of hydrogen-bond acceptors (Lipinski definition) is 12. The number of carbonyl (C=O) groups is 4. The molecule has 0 saturated heterocycles. The van der Waals surface area contributed by atoms with Crippen LogP contribution in [0.4, 0.5) is 5.69 Å². The van der Waals surface area contributed by atoms with Crippen molar-refractivity contribution in [3.05, 3.63) is 70.0 Å². The maximum absolute atomic E-state index is 14.1. The number of aliphatic hydroxyl groups is 4. The van der Waals surface area contributed by atoms with Gasteiger partial charge in [0.05, 0.1) is 35.4 Å². The monoisotopic (exact) mass is 622 g/mol. The largest absolute Gasteiger partial charge is 0.508 e. The van der Waals surface area contributed by atoms with Crippen LogP contribution < -0.4 is 16.8 Å². The number of fused-ring (bicyclic) bond motifs is 3. The molecule has 5 rings (SSSR count). The predicted octanol–water partition coefficient (Wildman–Crippen LogP) is -0.290. The molecule has 0 heterocycles. The van der Waals surface area contributed by atoms with E-state index in [1.807, 2.05) is 0 Å². The summed E-state index contributed by atoms with van der Waals surface area (Å²) >= 11 is 0. The number of aromatic hydroxyl groups is 2. The summed E-state index contributed by atoms with van der Waals surface area (Å²) in [5.74, 6) is -10.8. The number of phenols is 2. The van der Waals surface area contributed by atoms with Crippen molar-refractivity contribution < 1.29 is 49.8 Å². The zero-order valence-electron chi connectivity index (χ0n) is 24.6. The summed E-state index contributed by atoms with van der Waals surface area (Å²) in [5.41, 5.74) is 7.31. The number of nitrogens with one attached hydrogen (secondary N) is 1. The van der Waals surface area contributed by atoms with E-state index >= 15 is 0 Å².